The maximum absolute atomic E-state index is 13.0. The molecule has 1 aliphatic rings. The number of sulfonamides is 1. The highest BCUT2D eigenvalue weighted by atomic mass is 32.2. The maximum atomic E-state index is 13.0. The largest absolute Gasteiger partial charge is 0.392 e. The fourth-order valence-electron chi connectivity index (χ4n) is 3.06. The number of nitrogens with one attached hydrogen (secondary N) is 1. The molecule has 5 nitrogen and oxygen atoms in total. The third-order valence-electron chi connectivity index (χ3n) is 4.34. The fraction of sp³-hybridized carbons (Fsp3) is 0.333. The van der Waals surface area contributed by atoms with Gasteiger partial charge >= 0.3 is 0 Å². The van der Waals surface area contributed by atoms with Crippen LogP contribution < -0.4 is 5.32 Å². The molecule has 0 bridgehead atoms. The number of aliphatic hydroxyl groups is 1. The lowest BCUT2D eigenvalue weighted by Gasteiger charge is -2.22. The van der Waals surface area contributed by atoms with Gasteiger partial charge in [0.2, 0.25) is 10.0 Å². The summed E-state index contributed by atoms with van der Waals surface area (Å²) in [5.41, 5.74) is 1.57. The molecule has 6 heteroatoms. The molecule has 0 spiro atoms. The van der Waals surface area contributed by atoms with E-state index in [1.54, 1.807) is 19.2 Å². The zero-order chi connectivity index (χ0) is 17.2. The first-order chi connectivity index (χ1) is 11.5. The number of likely N-dealkylation sites (N-methyl/N-ethyl adjacent to an activating group) is 1. The first-order valence-electron chi connectivity index (χ1n) is 8.00. The van der Waals surface area contributed by atoms with Gasteiger partial charge < -0.3 is 10.4 Å². The van der Waals surface area contributed by atoms with Crippen LogP contribution in [0.1, 0.15) is 6.42 Å². The monoisotopic (exact) mass is 346 g/mol. The van der Waals surface area contributed by atoms with Crippen LogP contribution in [0.5, 0.6) is 0 Å². The van der Waals surface area contributed by atoms with Crippen molar-refractivity contribution in [2.45, 2.75) is 23.5 Å². The fourth-order valence-corrected chi connectivity index (χ4v) is 4.49. The Hall–Kier alpha value is -1.73. The predicted octanol–water partition coefficient (Wildman–Crippen LogP) is 1.70. The molecular weight excluding hydrogens is 324 g/mol. The molecule has 0 radical (unpaired) electrons. The molecule has 24 heavy (non-hydrogen) atoms. The van der Waals surface area contributed by atoms with Crippen LogP contribution in [-0.2, 0) is 10.0 Å². The van der Waals surface area contributed by atoms with Gasteiger partial charge in [0.15, 0.2) is 0 Å². The van der Waals surface area contributed by atoms with E-state index in [-0.39, 0.29) is 6.04 Å². The summed E-state index contributed by atoms with van der Waals surface area (Å²) in [5, 5.41) is 12.7. The van der Waals surface area contributed by atoms with Crippen molar-refractivity contribution in [2.24, 2.45) is 0 Å². The molecule has 1 fully saturated rings. The van der Waals surface area contributed by atoms with Gasteiger partial charge in [0.05, 0.1) is 11.0 Å². The number of hydrogen-bond donors (Lipinski definition) is 2. The Kier molecular flexibility index (Phi) is 5.01. The average Bonchev–Trinajstić information content (AvgIpc) is 3.00. The summed E-state index contributed by atoms with van der Waals surface area (Å²) < 4.78 is 27.4. The molecule has 0 unspecified atom stereocenters. The summed E-state index contributed by atoms with van der Waals surface area (Å²) in [7, 11) is -2.02. The van der Waals surface area contributed by atoms with Crippen molar-refractivity contribution >= 4 is 10.0 Å². The van der Waals surface area contributed by atoms with Gasteiger partial charge in [-0.05, 0) is 18.1 Å². The average molecular weight is 346 g/mol. The van der Waals surface area contributed by atoms with Crippen LogP contribution in [0, 0.1) is 0 Å². The van der Waals surface area contributed by atoms with E-state index >= 15 is 0 Å². The van der Waals surface area contributed by atoms with Crippen molar-refractivity contribution in [2.75, 3.05) is 20.1 Å². The van der Waals surface area contributed by atoms with Gasteiger partial charge in [-0.2, -0.15) is 4.31 Å². The van der Waals surface area contributed by atoms with Crippen molar-refractivity contribution in [3.8, 4) is 11.1 Å². The van der Waals surface area contributed by atoms with Gasteiger partial charge in [-0.25, -0.2) is 8.42 Å². The Morgan fingerprint density at radius 3 is 2.46 bits per heavy atom. The number of hydrogen-bond acceptors (Lipinski definition) is 4. The maximum Gasteiger partial charge on any atom is 0.243 e. The molecule has 2 aromatic carbocycles. The van der Waals surface area contributed by atoms with Crippen LogP contribution in [-0.4, -0.2) is 50.1 Å². The van der Waals surface area contributed by atoms with E-state index in [1.165, 1.54) is 4.31 Å². The Labute approximate surface area is 143 Å². The van der Waals surface area contributed by atoms with Gasteiger partial charge in [0.1, 0.15) is 0 Å². The molecular formula is C18H22N2O3S. The summed E-state index contributed by atoms with van der Waals surface area (Å²) in [6, 6.07) is 16.5. The van der Waals surface area contributed by atoms with Crippen LogP contribution >= 0.6 is 0 Å². The zero-order valence-corrected chi connectivity index (χ0v) is 14.4. The summed E-state index contributed by atoms with van der Waals surface area (Å²) in [4.78, 5) is 0.303. The second-order valence-electron chi connectivity index (χ2n) is 6.14. The molecule has 0 aliphatic carbocycles. The first kappa shape index (κ1) is 17.1. The van der Waals surface area contributed by atoms with E-state index in [9.17, 15) is 13.5 Å². The topological polar surface area (TPSA) is 69.6 Å². The van der Waals surface area contributed by atoms with Gasteiger partial charge in [-0.3, -0.25) is 0 Å². The normalized spacial score (nSPS) is 21.3. The zero-order valence-electron chi connectivity index (χ0n) is 13.6. The first-order valence-corrected chi connectivity index (χ1v) is 9.44. The molecule has 2 aromatic rings. The van der Waals surface area contributed by atoms with Crippen LogP contribution in [0.3, 0.4) is 0 Å². The van der Waals surface area contributed by atoms with Crippen LogP contribution in [0.4, 0.5) is 0 Å². The molecule has 0 saturated carbocycles. The highest BCUT2D eigenvalue weighted by Crippen LogP contribution is 2.29. The van der Waals surface area contributed by atoms with Crippen molar-refractivity contribution < 1.29 is 13.5 Å². The minimum Gasteiger partial charge on any atom is -0.392 e. The second-order valence-corrected chi connectivity index (χ2v) is 8.16. The van der Waals surface area contributed by atoms with E-state index in [4.69, 9.17) is 0 Å². The van der Waals surface area contributed by atoms with Gasteiger partial charge in [0, 0.05) is 31.7 Å². The van der Waals surface area contributed by atoms with E-state index in [0.717, 1.165) is 5.56 Å². The molecule has 1 saturated heterocycles. The van der Waals surface area contributed by atoms with E-state index in [0.29, 0.717) is 30.0 Å². The number of β-amino-alcohol motifs (C(OH)–C–C–N with tert-alkyl or cyclic N) is 1. The van der Waals surface area contributed by atoms with Crippen molar-refractivity contribution in [3.63, 3.8) is 0 Å². The lowest BCUT2D eigenvalue weighted by Crippen LogP contribution is -2.38. The van der Waals surface area contributed by atoms with E-state index in [1.807, 2.05) is 42.5 Å². The Bertz CT molecular complexity index is 793. The third-order valence-corrected chi connectivity index (χ3v) is 6.22. The Morgan fingerprint density at radius 1 is 1.12 bits per heavy atom. The van der Waals surface area contributed by atoms with Crippen LogP contribution in [0.15, 0.2) is 59.5 Å². The molecule has 128 valence electrons. The standard InChI is InChI=1S/C18H22N2O3S/c1-20(13-15-11-16(21)12-19-15)24(22,23)18-10-6-5-9-17(18)14-7-3-2-4-8-14/h2-10,15-16,19,21H,11-13H2,1H3/t15-,16+/m0/s1. The Balaban J connectivity index is 1.90. The number of benzene rings is 2. The van der Waals surface area contributed by atoms with Crippen molar-refractivity contribution in [3.05, 3.63) is 54.6 Å². The number of aliphatic hydroxyl groups excluding tert-OH is 1. The second kappa shape index (κ2) is 7.03. The lowest BCUT2D eigenvalue weighted by atomic mass is 10.1. The molecule has 2 N–H and O–H groups in total. The van der Waals surface area contributed by atoms with Crippen LogP contribution in [0.2, 0.25) is 0 Å². The molecule has 1 aliphatic heterocycles. The quantitative estimate of drug-likeness (QED) is 0.865. The van der Waals surface area contributed by atoms with Gasteiger partial charge in [-0.1, -0.05) is 48.5 Å². The predicted molar refractivity (Wildman–Crippen MR) is 94.1 cm³/mol. The van der Waals surface area contributed by atoms with E-state index in [2.05, 4.69) is 5.32 Å². The SMILES string of the molecule is CN(C[C@@H]1C[C@@H](O)CN1)S(=O)(=O)c1ccccc1-c1ccccc1. The van der Waals surface area contributed by atoms with Gasteiger partial charge in [0.25, 0.3) is 0 Å². The van der Waals surface area contributed by atoms with Crippen LogP contribution in [0.25, 0.3) is 11.1 Å². The summed E-state index contributed by atoms with van der Waals surface area (Å²) in [6.07, 6.45) is 0.169. The molecule has 1 heterocycles. The lowest BCUT2D eigenvalue weighted by molar-refractivity contribution is 0.192. The smallest absolute Gasteiger partial charge is 0.243 e. The minimum absolute atomic E-state index is 0.0244. The molecule has 0 amide bonds. The third kappa shape index (κ3) is 3.52. The highest BCUT2D eigenvalue weighted by Gasteiger charge is 2.29. The number of nitrogens with zero attached hydrogens (tertiary/aromatic N) is 1. The highest BCUT2D eigenvalue weighted by molar-refractivity contribution is 7.89. The molecule has 0 aromatic heterocycles. The molecule has 2 atom stereocenters. The van der Waals surface area contributed by atoms with Crippen molar-refractivity contribution in [1.82, 2.24) is 9.62 Å². The summed E-state index contributed by atoms with van der Waals surface area (Å²) in [6.45, 7) is 0.849. The minimum atomic E-state index is -3.61. The van der Waals surface area contributed by atoms with E-state index < -0.39 is 16.1 Å². The summed E-state index contributed by atoms with van der Waals surface area (Å²) >= 11 is 0. The summed E-state index contributed by atoms with van der Waals surface area (Å²) in [5.74, 6) is 0. The molecule has 3 rings (SSSR count). The van der Waals surface area contributed by atoms with Gasteiger partial charge in [-0.15, -0.1) is 0 Å². The van der Waals surface area contributed by atoms with Crippen molar-refractivity contribution in [1.29, 1.82) is 0 Å². The Morgan fingerprint density at radius 2 is 1.79 bits per heavy atom. The number of rotatable bonds is 5.